The molecule has 110 valence electrons. The molecule has 0 aliphatic carbocycles. The third-order valence-corrected chi connectivity index (χ3v) is 4.44. The van der Waals surface area contributed by atoms with Crippen molar-refractivity contribution >= 4 is 28.3 Å². The molecule has 2 heterocycles. The molecule has 1 unspecified atom stereocenters. The molecule has 0 saturated carbocycles. The van der Waals surface area contributed by atoms with Crippen LogP contribution in [0.3, 0.4) is 0 Å². The molecule has 1 saturated heterocycles. The smallest absolute Gasteiger partial charge is 0.248 e. The topological polar surface area (TPSA) is 75.2 Å². The van der Waals surface area contributed by atoms with Gasteiger partial charge < -0.3 is 4.90 Å². The lowest BCUT2D eigenvalue weighted by Crippen LogP contribution is -2.45. The van der Waals surface area contributed by atoms with Gasteiger partial charge in [-0.3, -0.25) is 14.9 Å². The van der Waals surface area contributed by atoms with Crippen LogP contribution in [0.15, 0.2) is 0 Å². The zero-order chi connectivity index (χ0) is 14.5. The van der Waals surface area contributed by atoms with E-state index in [4.69, 9.17) is 0 Å². The fraction of sp³-hybridized carbons (Fsp3) is 0.692. The number of amides is 2. The Balaban J connectivity index is 1.98. The lowest BCUT2D eigenvalue weighted by Gasteiger charge is -2.26. The van der Waals surface area contributed by atoms with Gasteiger partial charge >= 0.3 is 0 Å². The summed E-state index contributed by atoms with van der Waals surface area (Å²) in [5.74, 6) is -0.129. The number of carbonyl (C=O) groups excluding carboxylic acids is 2. The average molecular weight is 296 g/mol. The highest BCUT2D eigenvalue weighted by Crippen LogP contribution is 2.18. The fourth-order valence-corrected chi connectivity index (χ4v) is 2.89. The zero-order valence-electron chi connectivity index (χ0n) is 11.9. The van der Waals surface area contributed by atoms with Crippen LogP contribution < -0.4 is 5.32 Å². The van der Waals surface area contributed by atoms with Gasteiger partial charge in [-0.05, 0) is 26.2 Å². The van der Waals surface area contributed by atoms with Gasteiger partial charge in [0.25, 0.3) is 0 Å². The van der Waals surface area contributed by atoms with Crippen LogP contribution in [0.1, 0.15) is 44.5 Å². The number of likely N-dealkylation sites (tertiary alicyclic amines) is 1. The van der Waals surface area contributed by atoms with Crippen molar-refractivity contribution in [3.63, 3.8) is 0 Å². The van der Waals surface area contributed by atoms with Crippen LogP contribution in [0.25, 0.3) is 0 Å². The number of aryl methyl sites for hydroxylation is 1. The average Bonchev–Trinajstić information content (AvgIpc) is 2.78. The van der Waals surface area contributed by atoms with Crippen LogP contribution in [-0.2, 0) is 16.0 Å². The van der Waals surface area contributed by atoms with Gasteiger partial charge in [0.2, 0.25) is 16.9 Å². The number of nitrogens with zero attached hydrogens (tertiary/aromatic N) is 3. The van der Waals surface area contributed by atoms with E-state index < -0.39 is 6.04 Å². The molecule has 0 spiro atoms. The van der Waals surface area contributed by atoms with Crippen LogP contribution in [0.4, 0.5) is 5.13 Å². The first-order chi connectivity index (χ1) is 9.61. The molecule has 6 nitrogen and oxygen atoms in total. The lowest BCUT2D eigenvalue weighted by atomic mass is 10.2. The van der Waals surface area contributed by atoms with E-state index in [2.05, 4.69) is 15.5 Å². The molecule has 2 amide bonds. The molecule has 1 aromatic rings. The molecule has 20 heavy (non-hydrogen) atoms. The third kappa shape index (κ3) is 3.53. The predicted octanol–water partition coefficient (Wildman–Crippen LogP) is 1.83. The number of rotatable bonds is 4. The highest BCUT2D eigenvalue weighted by molar-refractivity contribution is 7.15. The summed E-state index contributed by atoms with van der Waals surface area (Å²) < 4.78 is 0. The monoisotopic (exact) mass is 296 g/mol. The summed E-state index contributed by atoms with van der Waals surface area (Å²) in [6, 6.07) is -0.463. The zero-order valence-corrected chi connectivity index (χ0v) is 12.7. The van der Waals surface area contributed by atoms with Crippen molar-refractivity contribution in [2.45, 2.75) is 52.0 Å². The Morgan fingerprint density at radius 2 is 2.20 bits per heavy atom. The van der Waals surface area contributed by atoms with E-state index in [1.807, 2.05) is 6.92 Å². The van der Waals surface area contributed by atoms with E-state index in [1.54, 1.807) is 11.8 Å². The predicted molar refractivity (Wildman–Crippen MR) is 77.6 cm³/mol. The fourth-order valence-electron chi connectivity index (χ4n) is 2.21. The summed E-state index contributed by atoms with van der Waals surface area (Å²) in [4.78, 5) is 25.9. The first-order valence-electron chi connectivity index (χ1n) is 7.04. The Bertz CT molecular complexity index is 488. The molecule has 1 aliphatic heterocycles. The van der Waals surface area contributed by atoms with Gasteiger partial charge in [0.05, 0.1) is 0 Å². The van der Waals surface area contributed by atoms with Crippen molar-refractivity contribution in [1.29, 1.82) is 0 Å². The van der Waals surface area contributed by atoms with Crippen molar-refractivity contribution in [2.24, 2.45) is 0 Å². The molecular weight excluding hydrogens is 276 g/mol. The summed E-state index contributed by atoms with van der Waals surface area (Å²) in [6.45, 7) is 4.41. The summed E-state index contributed by atoms with van der Waals surface area (Å²) in [5, 5.41) is 12.0. The van der Waals surface area contributed by atoms with Crippen LogP contribution >= 0.6 is 11.3 Å². The van der Waals surface area contributed by atoms with E-state index in [9.17, 15) is 9.59 Å². The SMILES string of the molecule is CCc1nnc(NC(=O)C(C)N2CCCCCC2=O)s1. The quantitative estimate of drug-likeness (QED) is 0.919. The number of hydrogen-bond acceptors (Lipinski definition) is 5. The first kappa shape index (κ1) is 14.9. The van der Waals surface area contributed by atoms with Gasteiger partial charge in [-0.15, -0.1) is 10.2 Å². The van der Waals surface area contributed by atoms with E-state index in [1.165, 1.54) is 11.3 Å². The largest absolute Gasteiger partial charge is 0.331 e. The maximum atomic E-state index is 12.2. The Labute approximate surface area is 122 Å². The number of hydrogen-bond donors (Lipinski definition) is 1. The maximum absolute atomic E-state index is 12.2. The summed E-state index contributed by atoms with van der Waals surface area (Å²) in [6.07, 6.45) is 4.26. The molecule has 1 atom stereocenters. The highest BCUT2D eigenvalue weighted by atomic mass is 32.1. The van der Waals surface area contributed by atoms with Crippen LogP contribution in [0.2, 0.25) is 0 Å². The molecule has 1 fully saturated rings. The van der Waals surface area contributed by atoms with E-state index in [0.717, 1.165) is 30.7 Å². The number of aromatic nitrogens is 2. The molecule has 0 radical (unpaired) electrons. The Kier molecular flexibility index (Phi) is 5.05. The Morgan fingerprint density at radius 3 is 2.90 bits per heavy atom. The molecule has 7 heteroatoms. The molecule has 1 aromatic heterocycles. The molecular formula is C13H20N4O2S. The van der Waals surface area contributed by atoms with E-state index >= 15 is 0 Å². The van der Waals surface area contributed by atoms with Gasteiger partial charge in [-0.1, -0.05) is 24.7 Å². The maximum Gasteiger partial charge on any atom is 0.248 e. The normalized spacial score (nSPS) is 17.7. The van der Waals surface area contributed by atoms with Crippen LogP contribution in [-0.4, -0.2) is 39.5 Å². The third-order valence-electron chi connectivity index (χ3n) is 3.46. The summed E-state index contributed by atoms with van der Waals surface area (Å²) >= 11 is 1.37. The molecule has 2 rings (SSSR count). The van der Waals surface area contributed by atoms with Gasteiger partial charge in [0.15, 0.2) is 0 Å². The summed E-state index contributed by atoms with van der Waals surface area (Å²) in [7, 11) is 0. The Hall–Kier alpha value is -1.50. The molecule has 1 N–H and O–H groups in total. The van der Waals surface area contributed by atoms with Crippen LogP contribution in [0, 0.1) is 0 Å². The van der Waals surface area contributed by atoms with Crippen molar-refractivity contribution in [2.75, 3.05) is 11.9 Å². The van der Waals surface area contributed by atoms with Gasteiger partial charge in [-0.25, -0.2) is 0 Å². The minimum atomic E-state index is -0.463. The number of anilines is 1. The van der Waals surface area contributed by atoms with E-state index in [0.29, 0.717) is 18.1 Å². The van der Waals surface area contributed by atoms with Gasteiger partial charge in [-0.2, -0.15) is 0 Å². The van der Waals surface area contributed by atoms with Crippen molar-refractivity contribution < 1.29 is 9.59 Å². The molecule has 0 bridgehead atoms. The number of nitrogens with one attached hydrogen (secondary N) is 1. The first-order valence-corrected chi connectivity index (χ1v) is 7.86. The second-order valence-corrected chi connectivity index (χ2v) is 5.98. The lowest BCUT2D eigenvalue weighted by molar-refractivity contribution is -0.137. The standard InChI is InChI=1S/C13H20N4O2S/c1-3-10-15-16-13(20-10)14-12(19)9(2)17-8-6-4-5-7-11(17)18/h9H,3-8H2,1-2H3,(H,14,16,19). The van der Waals surface area contributed by atoms with Gasteiger partial charge in [0, 0.05) is 13.0 Å². The molecule has 1 aliphatic rings. The van der Waals surface area contributed by atoms with Crippen molar-refractivity contribution in [3.05, 3.63) is 5.01 Å². The molecule has 0 aromatic carbocycles. The van der Waals surface area contributed by atoms with Gasteiger partial charge in [0.1, 0.15) is 11.0 Å². The number of carbonyl (C=O) groups is 2. The second kappa shape index (κ2) is 6.78. The minimum Gasteiger partial charge on any atom is -0.331 e. The summed E-state index contributed by atoms with van der Waals surface area (Å²) in [5.41, 5.74) is 0. The van der Waals surface area contributed by atoms with Crippen molar-refractivity contribution in [3.8, 4) is 0 Å². The second-order valence-electron chi connectivity index (χ2n) is 4.92. The van der Waals surface area contributed by atoms with Crippen LogP contribution in [0.5, 0.6) is 0 Å². The highest BCUT2D eigenvalue weighted by Gasteiger charge is 2.27. The van der Waals surface area contributed by atoms with Crippen molar-refractivity contribution in [1.82, 2.24) is 15.1 Å². The minimum absolute atomic E-state index is 0.0664. The van der Waals surface area contributed by atoms with E-state index in [-0.39, 0.29) is 11.8 Å². The Morgan fingerprint density at radius 1 is 1.40 bits per heavy atom.